The summed E-state index contributed by atoms with van der Waals surface area (Å²) in [6, 6.07) is 9.00. The Morgan fingerprint density at radius 1 is 1.24 bits per heavy atom. The van der Waals surface area contributed by atoms with E-state index in [0.29, 0.717) is 0 Å². The minimum absolute atomic E-state index is 0.285. The quantitative estimate of drug-likeness (QED) is 0.884. The number of benzene rings is 1. The zero-order valence-electron chi connectivity index (χ0n) is 10.3. The first-order chi connectivity index (χ1) is 8.11. The van der Waals surface area contributed by atoms with E-state index in [-0.39, 0.29) is 6.04 Å². The van der Waals surface area contributed by atoms with Crippen molar-refractivity contribution in [1.82, 2.24) is 5.32 Å². The van der Waals surface area contributed by atoms with E-state index in [2.05, 4.69) is 64.7 Å². The minimum atomic E-state index is 0.285. The third-order valence-corrected chi connectivity index (χ3v) is 4.29. The van der Waals surface area contributed by atoms with Crippen LogP contribution in [-0.4, -0.2) is 7.05 Å². The number of thiophene rings is 1. The molecule has 0 amide bonds. The topological polar surface area (TPSA) is 12.0 Å². The van der Waals surface area contributed by atoms with Crippen molar-refractivity contribution in [3.05, 3.63) is 55.7 Å². The first kappa shape index (κ1) is 12.8. The maximum atomic E-state index is 3.51. The molecule has 2 rings (SSSR count). The number of halogens is 1. The number of rotatable bonds is 3. The predicted octanol–water partition coefficient (Wildman–Crippen LogP) is 4.44. The van der Waals surface area contributed by atoms with E-state index >= 15 is 0 Å². The van der Waals surface area contributed by atoms with Crippen LogP contribution in [-0.2, 0) is 0 Å². The van der Waals surface area contributed by atoms with Crippen LogP contribution in [0.2, 0.25) is 0 Å². The third kappa shape index (κ3) is 2.79. The largest absolute Gasteiger partial charge is 0.309 e. The monoisotopic (exact) mass is 309 g/mol. The second-order valence-corrected chi connectivity index (χ2v) is 6.24. The predicted molar refractivity (Wildman–Crippen MR) is 78.8 cm³/mol. The summed E-state index contributed by atoms with van der Waals surface area (Å²) >= 11 is 5.31. The molecule has 1 heterocycles. The first-order valence-corrected chi connectivity index (χ1v) is 7.27. The lowest BCUT2D eigenvalue weighted by Gasteiger charge is -2.18. The second-order valence-electron chi connectivity index (χ2n) is 4.21. The fraction of sp³-hybridized carbons (Fsp3) is 0.286. The van der Waals surface area contributed by atoms with Gasteiger partial charge in [-0.25, -0.2) is 0 Å². The molecular weight excluding hydrogens is 294 g/mol. The van der Waals surface area contributed by atoms with Crippen molar-refractivity contribution < 1.29 is 0 Å². The highest BCUT2D eigenvalue weighted by molar-refractivity contribution is 9.10. The molecule has 17 heavy (non-hydrogen) atoms. The SMILES string of the molecule is CNC(c1csc(C)c1)c1ccc(Br)cc1C. The van der Waals surface area contributed by atoms with Gasteiger partial charge in [-0.05, 0) is 61.2 Å². The van der Waals surface area contributed by atoms with E-state index in [4.69, 9.17) is 0 Å². The van der Waals surface area contributed by atoms with Gasteiger partial charge in [0, 0.05) is 9.35 Å². The van der Waals surface area contributed by atoms with Gasteiger partial charge in [-0.3, -0.25) is 0 Å². The van der Waals surface area contributed by atoms with Crippen LogP contribution < -0.4 is 5.32 Å². The summed E-state index contributed by atoms with van der Waals surface area (Å²) in [5, 5.41) is 5.63. The van der Waals surface area contributed by atoms with Crippen LogP contribution in [0.15, 0.2) is 34.1 Å². The summed E-state index contributed by atoms with van der Waals surface area (Å²) in [5.41, 5.74) is 4.00. The molecule has 0 spiro atoms. The van der Waals surface area contributed by atoms with Crippen molar-refractivity contribution in [3.8, 4) is 0 Å². The highest BCUT2D eigenvalue weighted by Gasteiger charge is 2.15. The van der Waals surface area contributed by atoms with Crippen molar-refractivity contribution >= 4 is 27.3 Å². The highest BCUT2D eigenvalue weighted by Crippen LogP contribution is 2.29. The van der Waals surface area contributed by atoms with Crippen molar-refractivity contribution in [3.63, 3.8) is 0 Å². The Morgan fingerprint density at radius 3 is 2.53 bits per heavy atom. The normalized spacial score (nSPS) is 12.7. The summed E-state index contributed by atoms with van der Waals surface area (Å²) in [6.07, 6.45) is 0. The number of aryl methyl sites for hydroxylation is 2. The van der Waals surface area contributed by atoms with E-state index in [1.165, 1.54) is 21.6 Å². The minimum Gasteiger partial charge on any atom is -0.309 e. The van der Waals surface area contributed by atoms with Crippen LogP contribution in [0.4, 0.5) is 0 Å². The van der Waals surface area contributed by atoms with E-state index < -0.39 is 0 Å². The Balaban J connectivity index is 2.42. The van der Waals surface area contributed by atoms with Gasteiger partial charge in [0.25, 0.3) is 0 Å². The van der Waals surface area contributed by atoms with Gasteiger partial charge in [0.05, 0.1) is 6.04 Å². The molecular formula is C14H16BrNS. The zero-order chi connectivity index (χ0) is 12.4. The molecule has 1 aromatic heterocycles. The Hall–Kier alpha value is -0.640. The smallest absolute Gasteiger partial charge is 0.0585 e. The van der Waals surface area contributed by atoms with Gasteiger partial charge in [0.15, 0.2) is 0 Å². The van der Waals surface area contributed by atoms with E-state index in [0.717, 1.165) is 4.47 Å². The van der Waals surface area contributed by atoms with Gasteiger partial charge < -0.3 is 5.32 Å². The Bertz CT molecular complexity index is 519. The van der Waals surface area contributed by atoms with Crippen LogP contribution in [0.3, 0.4) is 0 Å². The molecule has 1 atom stereocenters. The van der Waals surface area contributed by atoms with Gasteiger partial charge in [-0.2, -0.15) is 0 Å². The van der Waals surface area contributed by atoms with Crippen LogP contribution in [0, 0.1) is 13.8 Å². The number of hydrogen-bond acceptors (Lipinski definition) is 2. The fourth-order valence-electron chi connectivity index (χ4n) is 2.08. The van der Waals surface area contributed by atoms with Crippen LogP contribution in [0.5, 0.6) is 0 Å². The summed E-state index contributed by atoms with van der Waals surface area (Å²) in [7, 11) is 2.01. The van der Waals surface area contributed by atoms with E-state index in [1.54, 1.807) is 11.3 Å². The summed E-state index contributed by atoms with van der Waals surface area (Å²) in [5.74, 6) is 0. The van der Waals surface area contributed by atoms with Crippen molar-refractivity contribution in [2.24, 2.45) is 0 Å². The molecule has 3 heteroatoms. The van der Waals surface area contributed by atoms with E-state index in [1.807, 2.05) is 7.05 Å². The summed E-state index contributed by atoms with van der Waals surface area (Å²) < 4.78 is 1.13. The Morgan fingerprint density at radius 2 is 2.00 bits per heavy atom. The zero-order valence-corrected chi connectivity index (χ0v) is 12.7. The molecule has 2 aromatic rings. The van der Waals surface area contributed by atoms with Crippen molar-refractivity contribution in [1.29, 1.82) is 0 Å². The fourth-order valence-corrected chi connectivity index (χ4v) is 3.29. The lowest BCUT2D eigenvalue weighted by atomic mass is 9.97. The highest BCUT2D eigenvalue weighted by atomic mass is 79.9. The molecule has 0 aliphatic rings. The average Bonchev–Trinajstić information content (AvgIpc) is 2.69. The second kappa shape index (κ2) is 5.34. The number of nitrogens with one attached hydrogen (secondary N) is 1. The standard InChI is InChI=1S/C14H16BrNS/c1-9-6-12(15)4-5-13(9)14(16-3)11-7-10(2)17-8-11/h4-8,14,16H,1-3H3. The molecule has 0 saturated carbocycles. The lowest BCUT2D eigenvalue weighted by Crippen LogP contribution is -2.18. The third-order valence-electron chi connectivity index (χ3n) is 2.92. The Labute approximate surface area is 115 Å². The average molecular weight is 310 g/mol. The molecule has 1 aromatic carbocycles. The van der Waals surface area contributed by atoms with Gasteiger partial charge in [-0.1, -0.05) is 22.0 Å². The molecule has 1 nitrogen and oxygen atoms in total. The molecule has 0 aliphatic carbocycles. The van der Waals surface area contributed by atoms with Gasteiger partial charge in [0.1, 0.15) is 0 Å². The van der Waals surface area contributed by atoms with Crippen molar-refractivity contribution in [2.45, 2.75) is 19.9 Å². The molecule has 0 fully saturated rings. The molecule has 0 aliphatic heterocycles. The number of hydrogen-bond donors (Lipinski definition) is 1. The molecule has 0 radical (unpaired) electrons. The molecule has 90 valence electrons. The van der Waals surface area contributed by atoms with Crippen LogP contribution >= 0.6 is 27.3 Å². The lowest BCUT2D eigenvalue weighted by molar-refractivity contribution is 0.689. The Kier molecular flexibility index (Phi) is 4.02. The maximum Gasteiger partial charge on any atom is 0.0585 e. The van der Waals surface area contributed by atoms with E-state index in [9.17, 15) is 0 Å². The van der Waals surface area contributed by atoms with Crippen LogP contribution in [0.1, 0.15) is 27.6 Å². The molecule has 1 N–H and O–H groups in total. The maximum absolute atomic E-state index is 3.51. The molecule has 0 saturated heterocycles. The van der Waals surface area contributed by atoms with Gasteiger partial charge >= 0.3 is 0 Å². The van der Waals surface area contributed by atoms with Gasteiger partial charge in [-0.15, -0.1) is 11.3 Å². The molecule has 1 unspecified atom stereocenters. The summed E-state index contributed by atoms with van der Waals surface area (Å²) in [6.45, 7) is 4.30. The summed E-state index contributed by atoms with van der Waals surface area (Å²) in [4.78, 5) is 1.36. The molecule has 0 bridgehead atoms. The van der Waals surface area contributed by atoms with Crippen molar-refractivity contribution in [2.75, 3.05) is 7.05 Å². The van der Waals surface area contributed by atoms with Crippen LogP contribution in [0.25, 0.3) is 0 Å². The van der Waals surface area contributed by atoms with Gasteiger partial charge in [0.2, 0.25) is 0 Å². The first-order valence-electron chi connectivity index (χ1n) is 5.60.